The van der Waals surface area contributed by atoms with Gasteiger partial charge >= 0.3 is 0 Å². The molecule has 0 unspecified atom stereocenters. The molecule has 1 aliphatic carbocycles. The first kappa shape index (κ1) is 16.3. The fraction of sp³-hybridized carbons (Fsp3) is 0.125. The molecule has 1 heterocycles. The second kappa shape index (κ2) is 6.67. The van der Waals surface area contributed by atoms with Crippen molar-refractivity contribution in [1.29, 1.82) is 0 Å². The zero-order valence-corrected chi connectivity index (χ0v) is 16.0. The molecule has 27 heavy (non-hydrogen) atoms. The zero-order valence-electron chi connectivity index (χ0n) is 15.1. The molecule has 0 aliphatic heterocycles. The molecular formula is C24H20N2S. The lowest BCUT2D eigenvalue weighted by atomic mass is 10.0. The highest BCUT2D eigenvalue weighted by molar-refractivity contribution is 7.14. The average molecular weight is 369 g/mol. The summed E-state index contributed by atoms with van der Waals surface area (Å²) in [6.07, 6.45) is 1.03. The molecule has 4 aromatic rings. The summed E-state index contributed by atoms with van der Waals surface area (Å²) in [6.45, 7) is 2.17. The molecule has 0 radical (unpaired) electrons. The molecule has 3 heteroatoms. The Morgan fingerprint density at radius 2 is 1.67 bits per heavy atom. The van der Waals surface area contributed by atoms with Crippen LogP contribution in [-0.4, -0.2) is 4.98 Å². The van der Waals surface area contributed by atoms with Crippen LogP contribution in [-0.2, 0) is 6.42 Å². The van der Waals surface area contributed by atoms with Crippen molar-refractivity contribution < 1.29 is 0 Å². The summed E-state index contributed by atoms with van der Waals surface area (Å²) < 4.78 is 0. The van der Waals surface area contributed by atoms with Crippen LogP contribution in [0.5, 0.6) is 0 Å². The van der Waals surface area contributed by atoms with Crippen molar-refractivity contribution >= 4 is 16.5 Å². The van der Waals surface area contributed by atoms with Crippen molar-refractivity contribution in [3.8, 4) is 22.4 Å². The minimum absolute atomic E-state index is 0.233. The smallest absolute Gasteiger partial charge is 0.183 e. The molecule has 3 aromatic carbocycles. The topological polar surface area (TPSA) is 24.9 Å². The second-order valence-corrected chi connectivity index (χ2v) is 7.88. The molecule has 1 N–H and O–H groups in total. The minimum atomic E-state index is 0.233. The van der Waals surface area contributed by atoms with E-state index in [4.69, 9.17) is 4.98 Å². The lowest BCUT2D eigenvalue weighted by Crippen LogP contribution is -2.05. The van der Waals surface area contributed by atoms with Gasteiger partial charge in [-0.1, -0.05) is 66.7 Å². The number of hydrogen-bond acceptors (Lipinski definition) is 3. The Kier molecular flexibility index (Phi) is 4.02. The Hall–Kier alpha value is -2.91. The zero-order chi connectivity index (χ0) is 18.2. The summed E-state index contributed by atoms with van der Waals surface area (Å²) in [5, 5.41) is 6.63. The van der Waals surface area contributed by atoms with Crippen molar-refractivity contribution in [3.05, 3.63) is 94.9 Å². The van der Waals surface area contributed by atoms with Crippen LogP contribution in [0.1, 0.15) is 29.7 Å². The summed E-state index contributed by atoms with van der Waals surface area (Å²) in [6, 6.07) is 26.1. The predicted molar refractivity (Wildman–Crippen MR) is 114 cm³/mol. The van der Waals surface area contributed by atoms with E-state index in [1.807, 2.05) is 6.07 Å². The van der Waals surface area contributed by atoms with Gasteiger partial charge in [0.1, 0.15) is 0 Å². The number of thiazole rings is 1. The normalized spacial score (nSPS) is 13.1. The largest absolute Gasteiger partial charge is 0.355 e. The van der Waals surface area contributed by atoms with Crippen molar-refractivity contribution in [2.75, 3.05) is 5.32 Å². The summed E-state index contributed by atoms with van der Waals surface area (Å²) in [7, 11) is 0. The number of fused-ring (bicyclic) bond motifs is 3. The molecule has 1 atom stereocenters. The van der Waals surface area contributed by atoms with Gasteiger partial charge in [0.25, 0.3) is 0 Å². The summed E-state index contributed by atoms with van der Waals surface area (Å²) >= 11 is 1.66. The van der Waals surface area contributed by atoms with E-state index in [0.717, 1.165) is 17.2 Å². The van der Waals surface area contributed by atoms with Crippen LogP contribution in [0.4, 0.5) is 5.13 Å². The number of hydrogen-bond donors (Lipinski definition) is 1. The fourth-order valence-corrected chi connectivity index (χ4v) is 4.57. The van der Waals surface area contributed by atoms with Gasteiger partial charge in [0.2, 0.25) is 0 Å². The quantitative estimate of drug-likeness (QED) is 0.389. The average Bonchev–Trinajstić information content (AvgIpc) is 3.32. The molecule has 0 saturated heterocycles. The van der Waals surface area contributed by atoms with E-state index in [1.54, 1.807) is 11.3 Å². The van der Waals surface area contributed by atoms with E-state index in [2.05, 4.69) is 84.4 Å². The molecule has 1 aliphatic rings. The highest BCUT2D eigenvalue weighted by Gasteiger charge is 2.19. The van der Waals surface area contributed by atoms with Crippen molar-refractivity contribution in [2.45, 2.75) is 19.4 Å². The number of nitrogens with zero attached hydrogens (tertiary/aromatic N) is 1. The maximum Gasteiger partial charge on any atom is 0.183 e. The van der Waals surface area contributed by atoms with Crippen LogP contribution in [0.2, 0.25) is 0 Å². The van der Waals surface area contributed by atoms with E-state index in [-0.39, 0.29) is 6.04 Å². The summed E-state index contributed by atoms with van der Waals surface area (Å²) in [4.78, 5) is 4.83. The van der Waals surface area contributed by atoms with Gasteiger partial charge in [-0.15, -0.1) is 11.3 Å². The van der Waals surface area contributed by atoms with E-state index in [9.17, 15) is 0 Å². The molecular weight excluding hydrogens is 348 g/mol. The first-order valence-corrected chi connectivity index (χ1v) is 10.1. The van der Waals surface area contributed by atoms with E-state index >= 15 is 0 Å². The third kappa shape index (κ3) is 3.04. The Morgan fingerprint density at radius 1 is 0.889 bits per heavy atom. The van der Waals surface area contributed by atoms with Gasteiger partial charge in [0.15, 0.2) is 5.13 Å². The Balaban J connectivity index is 1.41. The van der Waals surface area contributed by atoms with Gasteiger partial charge in [-0.3, -0.25) is 0 Å². The standard InChI is InChI=1S/C24H20N2S/c1-16(17-7-3-2-4-8-17)25-24-26-23(15-27-24)20-12-11-19-13-18-9-5-6-10-21(18)22(19)14-20/h2-12,14-16H,13H2,1H3,(H,25,26)/t16-/m1/s1. The highest BCUT2D eigenvalue weighted by Crippen LogP contribution is 2.39. The van der Waals surface area contributed by atoms with Crippen LogP contribution >= 0.6 is 11.3 Å². The predicted octanol–water partition coefficient (Wildman–Crippen LogP) is 6.55. The van der Waals surface area contributed by atoms with Gasteiger partial charge < -0.3 is 5.32 Å². The first-order valence-electron chi connectivity index (χ1n) is 9.26. The molecule has 1 aromatic heterocycles. The monoisotopic (exact) mass is 368 g/mol. The molecule has 5 rings (SSSR count). The Morgan fingerprint density at radius 3 is 2.56 bits per heavy atom. The van der Waals surface area contributed by atoms with Crippen molar-refractivity contribution in [1.82, 2.24) is 4.98 Å². The van der Waals surface area contributed by atoms with Gasteiger partial charge in [0.05, 0.1) is 11.7 Å². The van der Waals surface area contributed by atoms with Crippen LogP contribution in [0, 0.1) is 0 Å². The van der Waals surface area contributed by atoms with Gasteiger partial charge in [-0.2, -0.15) is 0 Å². The molecule has 0 fully saturated rings. The van der Waals surface area contributed by atoms with Gasteiger partial charge in [-0.25, -0.2) is 4.98 Å². The van der Waals surface area contributed by atoms with Crippen molar-refractivity contribution in [2.24, 2.45) is 0 Å². The van der Waals surface area contributed by atoms with Crippen LogP contribution in [0.15, 0.2) is 78.2 Å². The number of aromatic nitrogens is 1. The highest BCUT2D eigenvalue weighted by atomic mass is 32.1. The third-order valence-electron chi connectivity index (χ3n) is 5.24. The number of nitrogens with one attached hydrogen (secondary N) is 1. The summed E-state index contributed by atoms with van der Waals surface area (Å²) in [5.41, 5.74) is 9.03. The SMILES string of the molecule is C[C@@H](Nc1nc(-c2ccc3c(c2)-c2ccccc2C3)cs1)c1ccccc1. The maximum absolute atomic E-state index is 4.83. The molecule has 0 spiro atoms. The van der Waals surface area contributed by atoms with E-state index in [1.165, 1.54) is 33.4 Å². The lowest BCUT2D eigenvalue weighted by Gasteiger charge is -2.12. The van der Waals surface area contributed by atoms with Crippen molar-refractivity contribution in [3.63, 3.8) is 0 Å². The number of rotatable bonds is 4. The van der Waals surface area contributed by atoms with Crippen LogP contribution < -0.4 is 5.32 Å². The Bertz CT molecular complexity index is 1100. The minimum Gasteiger partial charge on any atom is -0.355 e. The molecule has 0 saturated carbocycles. The summed E-state index contributed by atoms with van der Waals surface area (Å²) in [5.74, 6) is 0. The molecule has 132 valence electrons. The van der Waals surface area contributed by atoms with Gasteiger partial charge in [0, 0.05) is 10.9 Å². The number of benzene rings is 3. The second-order valence-electron chi connectivity index (χ2n) is 7.02. The van der Waals surface area contributed by atoms with E-state index in [0.29, 0.717) is 0 Å². The molecule has 0 bridgehead atoms. The molecule has 2 nitrogen and oxygen atoms in total. The number of anilines is 1. The third-order valence-corrected chi connectivity index (χ3v) is 6.01. The van der Waals surface area contributed by atoms with Crippen LogP contribution in [0.25, 0.3) is 22.4 Å². The maximum atomic E-state index is 4.83. The van der Waals surface area contributed by atoms with E-state index < -0.39 is 0 Å². The lowest BCUT2D eigenvalue weighted by molar-refractivity contribution is 0.882. The van der Waals surface area contributed by atoms with Gasteiger partial charge in [-0.05, 0) is 47.2 Å². The fourth-order valence-electron chi connectivity index (χ4n) is 3.77. The first-order chi connectivity index (χ1) is 13.3. The molecule has 0 amide bonds. The Labute approximate surface area is 163 Å². The van der Waals surface area contributed by atoms with Crippen LogP contribution in [0.3, 0.4) is 0 Å².